The lowest BCUT2D eigenvalue weighted by molar-refractivity contribution is -0.119. The molecule has 0 heterocycles. The molecule has 0 aliphatic carbocycles. The summed E-state index contributed by atoms with van der Waals surface area (Å²) in [5, 5.41) is 3.09. The Kier molecular flexibility index (Phi) is 34.8. The summed E-state index contributed by atoms with van der Waals surface area (Å²) in [6, 6.07) is 0. The molecule has 0 aromatic heterocycles. The lowest BCUT2D eigenvalue weighted by Gasteiger charge is -2.33. The molecule has 0 aliphatic heterocycles. The van der Waals surface area contributed by atoms with Crippen LogP contribution in [-0.2, 0) is 4.79 Å². The molecule has 0 aromatic rings. The van der Waals surface area contributed by atoms with Crippen molar-refractivity contribution in [2.75, 3.05) is 26.2 Å². The molecule has 0 spiro atoms. The zero-order chi connectivity index (χ0) is 34.7. The van der Waals surface area contributed by atoms with E-state index in [0.717, 1.165) is 19.0 Å². The van der Waals surface area contributed by atoms with Crippen molar-refractivity contribution in [1.29, 1.82) is 0 Å². The molecule has 0 saturated heterocycles. The van der Waals surface area contributed by atoms with Gasteiger partial charge in [-0.1, -0.05) is 221 Å². The van der Waals surface area contributed by atoms with E-state index in [2.05, 4.69) is 44.8 Å². The number of carbonyl (C=O) groups is 1. The average molecular weight is 663 g/mol. The third-order valence-corrected chi connectivity index (χ3v) is 10.6. The van der Waals surface area contributed by atoms with Gasteiger partial charge in [-0.2, -0.15) is 0 Å². The maximum absolute atomic E-state index is 11.6. The van der Waals surface area contributed by atoms with Gasteiger partial charge in [0.1, 0.15) is 0 Å². The molecule has 0 saturated carbocycles. The fraction of sp³-hybridized carbons (Fsp3) is 0.977. The summed E-state index contributed by atoms with van der Waals surface area (Å²) in [6.45, 7) is 17.6. The van der Waals surface area contributed by atoms with E-state index < -0.39 is 0 Å². The van der Waals surface area contributed by atoms with Crippen LogP contribution in [0.15, 0.2) is 0 Å². The van der Waals surface area contributed by atoms with Crippen molar-refractivity contribution in [3.63, 3.8) is 0 Å². The van der Waals surface area contributed by atoms with Gasteiger partial charge < -0.3 is 10.2 Å². The third-order valence-electron chi connectivity index (χ3n) is 10.6. The molecular formula is C44H90N2O. The van der Waals surface area contributed by atoms with E-state index in [-0.39, 0.29) is 11.3 Å². The molecule has 1 unspecified atom stereocenters. The Bertz CT molecular complexity index is 632. The molecule has 47 heavy (non-hydrogen) atoms. The summed E-state index contributed by atoms with van der Waals surface area (Å²) in [4.78, 5) is 14.3. The molecule has 1 amide bonds. The number of nitrogens with zero attached hydrogens (tertiary/aromatic N) is 1. The first kappa shape index (κ1) is 46.4. The molecule has 0 aliphatic rings. The summed E-state index contributed by atoms with van der Waals surface area (Å²) in [5.74, 6) is 1.08. The van der Waals surface area contributed by atoms with Gasteiger partial charge in [0.15, 0.2) is 0 Å². The van der Waals surface area contributed by atoms with E-state index in [0.29, 0.717) is 0 Å². The number of hydrogen-bond acceptors (Lipinski definition) is 2. The van der Waals surface area contributed by atoms with Crippen LogP contribution in [0.2, 0.25) is 0 Å². The van der Waals surface area contributed by atoms with E-state index >= 15 is 0 Å². The van der Waals surface area contributed by atoms with E-state index in [9.17, 15) is 4.79 Å². The van der Waals surface area contributed by atoms with Gasteiger partial charge in [-0.3, -0.25) is 4.79 Å². The highest BCUT2D eigenvalue weighted by Crippen LogP contribution is 2.25. The normalized spacial score (nSPS) is 12.7. The molecule has 1 atom stereocenters. The number of carbonyl (C=O) groups excluding carboxylic acids is 1. The Morgan fingerprint density at radius 3 is 1.13 bits per heavy atom. The fourth-order valence-electron chi connectivity index (χ4n) is 7.45. The maximum atomic E-state index is 11.6. The Balaban J connectivity index is 4.31. The quantitative estimate of drug-likeness (QED) is 0.0667. The van der Waals surface area contributed by atoms with Gasteiger partial charge in [0, 0.05) is 20.0 Å². The Morgan fingerprint density at radius 1 is 0.489 bits per heavy atom. The molecule has 0 aromatic carbocycles. The zero-order valence-corrected chi connectivity index (χ0v) is 33.7. The van der Waals surface area contributed by atoms with E-state index in [1.807, 2.05) is 0 Å². The van der Waals surface area contributed by atoms with E-state index in [1.165, 1.54) is 212 Å². The highest BCUT2D eigenvalue weighted by atomic mass is 16.1. The Hall–Kier alpha value is -0.570. The zero-order valence-electron chi connectivity index (χ0n) is 33.7. The van der Waals surface area contributed by atoms with E-state index in [1.54, 1.807) is 6.92 Å². The van der Waals surface area contributed by atoms with Crippen molar-refractivity contribution >= 4 is 5.91 Å². The van der Waals surface area contributed by atoms with Crippen LogP contribution in [0.3, 0.4) is 0 Å². The summed E-state index contributed by atoms with van der Waals surface area (Å²) in [6.07, 6.45) is 44.1. The van der Waals surface area contributed by atoms with Gasteiger partial charge in [0.2, 0.25) is 5.91 Å². The standard InChI is InChI=1S/C44H90N2O/c1-7-10-13-16-17-18-19-20-21-22-23-24-28-33-38-46(41-44(5,6)40-45-42(4)47)39-34-29-25-27-32-37-43(35-30-15-12-9-3)36-31-26-14-11-8-2/h43H,7-41H2,1-6H3,(H,45,47). The summed E-state index contributed by atoms with van der Waals surface area (Å²) in [7, 11) is 0. The molecule has 0 bridgehead atoms. The minimum absolute atomic E-state index is 0.0938. The summed E-state index contributed by atoms with van der Waals surface area (Å²) < 4.78 is 0. The van der Waals surface area contributed by atoms with Crippen LogP contribution in [0.5, 0.6) is 0 Å². The molecular weight excluding hydrogens is 572 g/mol. The number of amides is 1. The van der Waals surface area contributed by atoms with Crippen molar-refractivity contribution in [2.45, 2.75) is 241 Å². The predicted octanol–water partition coefficient (Wildman–Crippen LogP) is 14.2. The molecule has 0 fully saturated rings. The first-order valence-corrected chi connectivity index (χ1v) is 21.8. The van der Waals surface area contributed by atoms with Gasteiger partial charge in [-0.25, -0.2) is 0 Å². The Morgan fingerprint density at radius 2 is 0.787 bits per heavy atom. The van der Waals surface area contributed by atoms with E-state index in [4.69, 9.17) is 0 Å². The van der Waals surface area contributed by atoms with Crippen LogP contribution < -0.4 is 5.32 Å². The van der Waals surface area contributed by atoms with Crippen LogP contribution in [0.1, 0.15) is 241 Å². The van der Waals surface area contributed by atoms with Gasteiger partial charge in [-0.15, -0.1) is 0 Å². The lowest BCUT2D eigenvalue weighted by atomic mass is 9.89. The molecule has 282 valence electrons. The second-order valence-electron chi connectivity index (χ2n) is 16.4. The van der Waals surface area contributed by atoms with Gasteiger partial charge in [0.25, 0.3) is 0 Å². The molecule has 3 nitrogen and oxygen atoms in total. The number of hydrogen-bond donors (Lipinski definition) is 1. The van der Waals surface area contributed by atoms with Crippen molar-refractivity contribution in [3.05, 3.63) is 0 Å². The smallest absolute Gasteiger partial charge is 0.216 e. The molecule has 0 radical (unpaired) electrons. The highest BCUT2D eigenvalue weighted by Gasteiger charge is 2.22. The first-order chi connectivity index (χ1) is 22.8. The number of nitrogens with one attached hydrogen (secondary N) is 1. The predicted molar refractivity (Wildman–Crippen MR) is 213 cm³/mol. The fourth-order valence-corrected chi connectivity index (χ4v) is 7.45. The van der Waals surface area contributed by atoms with Crippen LogP contribution in [0.4, 0.5) is 0 Å². The maximum Gasteiger partial charge on any atom is 0.216 e. The van der Waals surface area contributed by atoms with Crippen molar-refractivity contribution in [3.8, 4) is 0 Å². The van der Waals surface area contributed by atoms with Crippen LogP contribution in [0.25, 0.3) is 0 Å². The average Bonchev–Trinajstić information content (AvgIpc) is 3.04. The lowest BCUT2D eigenvalue weighted by Crippen LogP contribution is -2.42. The Labute approximate surface area is 298 Å². The monoisotopic (exact) mass is 663 g/mol. The highest BCUT2D eigenvalue weighted by molar-refractivity contribution is 5.72. The van der Waals surface area contributed by atoms with Crippen molar-refractivity contribution in [2.24, 2.45) is 11.3 Å². The van der Waals surface area contributed by atoms with Crippen molar-refractivity contribution < 1.29 is 4.79 Å². The molecule has 0 rings (SSSR count). The van der Waals surface area contributed by atoms with Gasteiger partial charge >= 0.3 is 0 Å². The summed E-state index contributed by atoms with van der Waals surface area (Å²) >= 11 is 0. The SMILES string of the molecule is CCCCCCCCCCCCCCCCN(CCCCCCCC(CCCCCC)CCCCCCC)CC(C)(C)CNC(C)=O. The van der Waals surface area contributed by atoms with Gasteiger partial charge in [-0.05, 0) is 37.3 Å². The van der Waals surface area contributed by atoms with Crippen LogP contribution in [0, 0.1) is 11.3 Å². The van der Waals surface area contributed by atoms with Crippen LogP contribution in [-0.4, -0.2) is 37.0 Å². The largest absolute Gasteiger partial charge is 0.356 e. The molecule has 1 N–H and O–H groups in total. The number of unbranched alkanes of at least 4 members (excludes halogenated alkanes) is 24. The molecule has 3 heteroatoms. The minimum Gasteiger partial charge on any atom is -0.356 e. The number of rotatable bonds is 38. The second kappa shape index (κ2) is 35.3. The van der Waals surface area contributed by atoms with Gasteiger partial charge in [0.05, 0.1) is 0 Å². The topological polar surface area (TPSA) is 32.3 Å². The minimum atomic E-state index is 0.0938. The van der Waals surface area contributed by atoms with Crippen LogP contribution >= 0.6 is 0 Å². The van der Waals surface area contributed by atoms with Crippen molar-refractivity contribution in [1.82, 2.24) is 10.2 Å². The second-order valence-corrected chi connectivity index (χ2v) is 16.4. The first-order valence-electron chi connectivity index (χ1n) is 21.8. The third kappa shape index (κ3) is 35.1. The summed E-state index contributed by atoms with van der Waals surface area (Å²) in [5.41, 5.74) is 0.115.